The van der Waals surface area contributed by atoms with E-state index in [9.17, 15) is 0 Å². The number of nitrogens with zero attached hydrogens (tertiary/aromatic N) is 4. The summed E-state index contributed by atoms with van der Waals surface area (Å²) in [5.41, 5.74) is 0.999. The van der Waals surface area contributed by atoms with Gasteiger partial charge in [0.1, 0.15) is 30.3 Å². The van der Waals surface area contributed by atoms with E-state index in [-0.39, 0.29) is 35.5 Å². The van der Waals surface area contributed by atoms with Crippen molar-refractivity contribution >= 4 is 31.5 Å². The van der Waals surface area contributed by atoms with Crippen LogP contribution in [0, 0.1) is 17.8 Å². The minimum Gasteiger partial charge on any atom is -0.487 e. The van der Waals surface area contributed by atoms with E-state index in [0.717, 1.165) is 16.7 Å². The van der Waals surface area contributed by atoms with Crippen molar-refractivity contribution in [3.63, 3.8) is 0 Å². The zero-order valence-corrected chi connectivity index (χ0v) is 33.6. The van der Waals surface area contributed by atoms with E-state index in [4.69, 9.17) is 23.4 Å². The van der Waals surface area contributed by atoms with E-state index in [0.29, 0.717) is 35.7 Å². The fourth-order valence-corrected chi connectivity index (χ4v) is 9.73. The van der Waals surface area contributed by atoms with Crippen LogP contribution in [0.3, 0.4) is 0 Å². The summed E-state index contributed by atoms with van der Waals surface area (Å²) in [5.74, 6) is -2.36. The molecule has 0 aliphatic heterocycles. The molecule has 1 saturated carbocycles. The van der Waals surface area contributed by atoms with Crippen molar-refractivity contribution < 1.29 is 32.8 Å². The number of benzene rings is 2. The largest absolute Gasteiger partial charge is 0.487 e. The van der Waals surface area contributed by atoms with Crippen LogP contribution in [0.1, 0.15) is 76.4 Å². The normalized spacial score (nSPS) is 23.7. The lowest BCUT2D eigenvalue weighted by Crippen LogP contribution is -2.70. The minimum atomic E-state index is -2.89. The van der Waals surface area contributed by atoms with E-state index in [1.165, 1.54) is 0 Å². The van der Waals surface area contributed by atoms with Crippen molar-refractivity contribution in [2.45, 2.75) is 76.6 Å². The van der Waals surface area contributed by atoms with E-state index >= 15 is 14.4 Å². The topological polar surface area (TPSA) is 124 Å². The first kappa shape index (κ1) is 37.7. The minimum absolute atomic E-state index is 0.0101. The molecule has 12 heteroatoms. The number of pyridine rings is 1. The third-order valence-electron chi connectivity index (χ3n) is 11.9. The third kappa shape index (κ3) is 6.17. The van der Waals surface area contributed by atoms with Gasteiger partial charge in [-0.3, -0.25) is 19.3 Å². The maximum Gasteiger partial charge on any atom is 0.265 e. The van der Waals surface area contributed by atoms with Gasteiger partial charge in [0.15, 0.2) is 31.2 Å². The lowest BCUT2D eigenvalue weighted by atomic mass is 9.54. The molecule has 5 atom stereocenters. The van der Waals surface area contributed by atoms with Gasteiger partial charge in [0.2, 0.25) is 5.78 Å². The van der Waals surface area contributed by atoms with Crippen LogP contribution in [0.15, 0.2) is 71.4 Å². The van der Waals surface area contributed by atoms with Crippen LogP contribution in [-0.4, -0.2) is 74.5 Å². The van der Waals surface area contributed by atoms with Crippen molar-refractivity contribution in [2.24, 2.45) is 17.8 Å². The van der Waals surface area contributed by atoms with Crippen LogP contribution in [0.4, 0.5) is 5.82 Å². The zero-order valence-electron chi connectivity index (χ0n) is 32.6. The van der Waals surface area contributed by atoms with Gasteiger partial charge in [-0.15, -0.1) is 0 Å². The smallest absolute Gasteiger partial charge is 0.265 e. The summed E-state index contributed by atoms with van der Waals surface area (Å²) in [6, 6.07) is 18.7. The molecule has 1 unspecified atom stereocenters. The summed E-state index contributed by atoms with van der Waals surface area (Å²) < 4.78 is 25.7. The van der Waals surface area contributed by atoms with Crippen LogP contribution in [0.25, 0.3) is 0 Å². The molecule has 7 rings (SSSR count). The van der Waals surface area contributed by atoms with Gasteiger partial charge in [-0.05, 0) is 67.3 Å². The van der Waals surface area contributed by atoms with E-state index in [1.807, 2.05) is 112 Å². The highest BCUT2D eigenvalue weighted by molar-refractivity contribution is 6.74. The number of hydrogen-bond acceptors (Lipinski definition) is 11. The van der Waals surface area contributed by atoms with Crippen LogP contribution in [0.5, 0.6) is 11.6 Å². The Balaban J connectivity index is 1.37. The molecule has 0 bridgehead atoms. The Labute approximate surface area is 318 Å². The fourth-order valence-electron chi connectivity index (χ4n) is 8.27. The first-order valence-corrected chi connectivity index (χ1v) is 21.5. The number of anilines is 1. The highest BCUT2D eigenvalue weighted by Crippen LogP contribution is 2.59. The molecule has 0 spiro atoms. The van der Waals surface area contributed by atoms with Crippen LogP contribution in [0.2, 0.25) is 18.1 Å². The highest BCUT2D eigenvalue weighted by Gasteiger charge is 2.70. The van der Waals surface area contributed by atoms with Crippen molar-refractivity contribution in [3.05, 3.63) is 100 Å². The lowest BCUT2D eigenvalue weighted by molar-refractivity contribution is -0.151. The summed E-state index contributed by atoms with van der Waals surface area (Å²) >= 11 is 0. The van der Waals surface area contributed by atoms with Crippen LogP contribution >= 0.6 is 0 Å². The number of rotatable bonds is 10. The summed E-state index contributed by atoms with van der Waals surface area (Å²) in [4.78, 5) is 54.9. The summed E-state index contributed by atoms with van der Waals surface area (Å²) in [7, 11) is 4.69. The predicted octanol–water partition coefficient (Wildman–Crippen LogP) is 7.11. The van der Waals surface area contributed by atoms with Gasteiger partial charge >= 0.3 is 0 Å². The first-order chi connectivity index (χ1) is 25.6. The lowest BCUT2D eigenvalue weighted by Gasteiger charge is -2.56. The molecule has 11 nitrogen and oxygen atoms in total. The Morgan fingerprint density at radius 2 is 1.50 bits per heavy atom. The molecule has 1 fully saturated rings. The average molecular weight is 751 g/mol. The molecule has 2 aromatic heterocycles. The number of aromatic nitrogens is 2. The summed E-state index contributed by atoms with van der Waals surface area (Å²) in [5, 5.41) is 3.92. The number of fused-ring (bicyclic) bond motifs is 4. The fraction of sp³-hybridized carbons (Fsp3) is 0.452. The maximum absolute atomic E-state index is 15.7. The molecule has 3 aliphatic carbocycles. The van der Waals surface area contributed by atoms with Crippen LogP contribution in [-0.2, 0) is 28.9 Å². The molecule has 2 aromatic carbocycles. The van der Waals surface area contributed by atoms with E-state index in [2.05, 4.69) is 25.9 Å². The molecule has 2 heterocycles. The zero-order chi connectivity index (χ0) is 38.7. The maximum atomic E-state index is 15.7. The second-order valence-corrected chi connectivity index (χ2v) is 21.5. The molecule has 54 heavy (non-hydrogen) atoms. The number of ketones is 3. The monoisotopic (exact) mass is 750 g/mol. The van der Waals surface area contributed by atoms with Gasteiger partial charge in [0, 0.05) is 25.6 Å². The third-order valence-corrected chi connectivity index (χ3v) is 16.3. The standard InChI is InChI=1S/C42H50N4O7Si/c1-41(2,3)54(8,9)53-42-29(34(45(4)5)36-33(38(42)49)40(44-52-36)51-24-26-18-14-11-15-19-26)21-27-20-28-32(35(47)31(27)37(42)48)30(22-43-39(28)46(6)7)50-23-25-16-12-10-13-17-25/h10-19,22,27,29,31,34H,20-21,23-24H2,1-9H3/t27-,29-,31?,34-,42-/m0/s1. The van der Waals surface area contributed by atoms with Crippen molar-refractivity contribution in [3.8, 4) is 11.6 Å². The van der Waals surface area contributed by atoms with Gasteiger partial charge < -0.3 is 23.3 Å². The van der Waals surface area contributed by atoms with Crippen LogP contribution < -0.4 is 14.4 Å². The number of hydrogen-bond donors (Lipinski definition) is 0. The van der Waals surface area contributed by atoms with E-state index in [1.54, 1.807) is 6.20 Å². The average Bonchev–Trinajstić information content (AvgIpc) is 3.54. The second kappa shape index (κ2) is 13.9. The Hall–Kier alpha value is -4.65. The predicted molar refractivity (Wildman–Crippen MR) is 207 cm³/mol. The molecule has 0 N–H and O–H groups in total. The molecule has 4 aromatic rings. The number of carbonyl (C=O) groups excluding carboxylic acids is 3. The van der Waals surface area contributed by atoms with Gasteiger partial charge in [0.25, 0.3) is 5.88 Å². The number of carbonyl (C=O) groups is 3. The Kier molecular flexibility index (Phi) is 9.68. The Morgan fingerprint density at radius 1 is 0.889 bits per heavy atom. The van der Waals surface area contributed by atoms with Crippen molar-refractivity contribution in [1.82, 2.24) is 15.0 Å². The van der Waals surface area contributed by atoms with Gasteiger partial charge in [-0.2, -0.15) is 0 Å². The molecule has 0 amide bonds. The molecule has 0 saturated heterocycles. The Morgan fingerprint density at radius 3 is 2.07 bits per heavy atom. The Bertz CT molecular complexity index is 2070. The van der Waals surface area contributed by atoms with Gasteiger partial charge in [-0.25, -0.2) is 4.98 Å². The van der Waals surface area contributed by atoms with E-state index < -0.39 is 49.3 Å². The van der Waals surface area contributed by atoms with Crippen molar-refractivity contribution in [2.75, 3.05) is 33.1 Å². The first-order valence-electron chi connectivity index (χ1n) is 18.6. The molecular weight excluding hydrogens is 701 g/mol. The van der Waals surface area contributed by atoms with Crippen molar-refractivity contribution in [1.29, 1.82) is 0 Å². The second-order valence-electron chi connectivity index (χ2n) is 16.8. The quantitative estimate of drug-likeness (QED) is 0.122. The number of ether oxygens (including phenoxy) is 2. The SMILES string of the molecule is CN(C)c1ncc(OCc2ccccc2)c2c1C[C@H]1C[C@H]3[C@H](N(C)C)c4onc(OCc5ccccc5)c4C(=O)[C@@]3(O[Si](C)(C)C(C)(C)C)C(=O)C1C2=O. The molecule has 284 valence electrons. The molecule has 0 radical (unpaired) electrons. The van der Waals surface area contributed by atoms with Gasteiger partial charge in [0.05, 0.1) is 23.7 Å². The summed E-state index contributed by atoms with van der Waals surface area (Å²) in [6.45, 7) is 10.7. The molecular formula is C42H50N4O7Si. The molecule has 3 aliphatic rings. The highest BCUT2D eigenvalue weighted by atomic mass is 28.4. The van der Waals surface area contributed by atoms with Gasteiger partial charge in [-0.1, -0.05) is 81.4 Å². The summed E-state index contributed by atoms with van der Waals surface area (Å²) in [6.07, 6.45) is 2.32. The number of Topliss-reactive ketones (excluding diaryl/α,β-unsaturated/α-hetero) is 3.